The number of esters is 1. The van der Waals surface area contributed by atoms with Gasteiger partial charge in [0, 0.05) is 12.1 Å². The minimum atomic E-state index is -0.504. The lowest BCUT2D eigenvalue weighted by molar-refractivity contribution is 0.0593. The number of rotatable bonds is 4. The van der Waals surface area contributed by atoms with Crippen LogP contribution in [0.5, 0.6) is 0 Å². The second-order valence-electron chi connectivity index (χ2n) is 4.56. The molecule has 6 heteroatoms. The van der Waals surface area contributed by atoms with Crippen LogP contribution in [0.2, 0.25) is 5.02 Å². The van der Waals surface area contributed by atoms with E-state index in [-0.39, 0.29) is 11.7 Å². The lowest BCUT2D eigenvalue weighted by Gasteiger charge is -2.26. The molecule has 5 nitrogen and oxygen atoms in total. The predicted molar refractivity (Wildman–Crippen MR) is 81.6 cm³/mol. The molecule has 1 aromatic heterocycles. The molecule has 0 amide bonds. The van der Waals surface area contributed by atoms with Gasteiger partial charge in [0.1, 0.15) is 5.82 Å². The summed E-state index contributed by atoms with van der Waals surface area (Å²) < 4.78 is 4.60. The zero-order valence-corrected chi connectivity index (χ0v) is 12.8. The van der Waals surface area contributed by atoms with Crippen LogP contribution >= 0.6 is 11.6 Å². The van der Waals surface area contributed by atoms with E-state index in [1.807, 2.05) is 43.1 Å². The summed E-state index contributed by atoms with van der Waals surface area (Å²) in [4.78, 5) is 21.6. The van der Waals surface area contributed by atoms with Crippen molar-refractivity contribution in [3.8, 4) is 0 Å². The van der Waals surface area contributed by atoms with Gasteiger partial charge in [0.15, 0.2) is 5.69 Å². The summed E-state index contributed by atoms with van der Waals surface area (Å²) in [6.07, 6.45) is 2.94. The molecule has 0 saturated carbocycles. The van der Waals surface area contributed by atoms with E-state index < -0.39 is 5.97 Å². The van der Waals surface area contributed by atoms with Gasteiger partial charge in [-0.3, -0.25) is 0 Å². The Kier molecular flexibility index (Phi) is 4.75. The van der Waals surface area contributed by atoms with Crippen molar-refractivity contribution in [1.29, 1.82) is 0 Å². The first-order valence-corrected chi connectivity index (χ1v) is 6.80. The molecule has 110 valence electrons. The molecule has 1 heterocycles. The van der Waals surface area contributed by atoms with Crippen molar-refractivity contribution >= 4 is 23.4 Å². The first-order valence-electron chi connectivity index (χ1n) is 6.42. The number of anilines is 1. The number of benzene rings is 1. The van der Waals surface area contributed by atoms with Crippen LogP contribution in [0.3, 0.4) is 0 Å². The van der Waals surface area contributed by atoms with Crippen molar-refractivity contribution < 1.29 is 9.53 Å². The topological polar surface area (TPSA) is 55.3 Å². The van der Waals surface area contributed by atoms with E-state index in [0.29, 0.717) is 10.8 Å². The van der Waals surface area contributed by atoms with Crippen LogP contribution < -0.4 is 4.90 Å². The Bertz CT molecular complexity index is 631. The van der Waals surface area contributed by atoms with E-state index in [4.69, 9.17) is 11.6 Å². The largest absolute Gasteiger partial charge is 0.464 e. The van der Waals surface area contributed by atoms with Crippen LogP contribution in [0.1, 0.15) is 29.0 Å². The number of nitrogens with zero attached hydrogens (tertiary/aromatic N) is 3. The van der Waals surface area contributed by atoms with E-state index in [1.165, 1.54) is 13.3 Å². The van der Waals surface area contributed by atoms with Gasteiger partial charge >= 0.3 is 5.97 Å². The maximum Gasteiger partial charge on any atom is 0.358 e. The molecule has 0 aliphatic rings. The van der Waals surface area contributed by atoms with Gasteiger partial charge < -0.3 is 9.64 Å². The molecule has 0 aliphatic heterocycles. The molecule has 0 spiro atoms. The maximum absolute atomic E-state index is 11.3. The van der Waals surface area contributed by atoms with E-state index in [1.54, 1.807) is 6.20 Å². The summed E-state index contributed by atoms with van der Waals surface area (Å²) >= 11 is 6.21. The maximum atomic E-state index is 11.3. The number of hydrogen-bond donors (Lipinski definition) is 0. The van der Waals surface area contributed by atoms with E-state index in [2.05, 4.69) is 14.7 Å². The normalized spacial score (nSPS) is 11.8. The molecule has 1 unspecified atom stereocenters. The van der Waals surface area contributed by atoms with Gasteiger partial charge in [0.25, 0.3) is 0 Å². The molecule has 21 heavy (non-hydrogen) atoms. The second kappa shape index (κ2) is 6.54. The summed E-state index contributed by atoms with van der Waals surface area (Å²) in [5.41, 5.74) is 1.18. The van der Waals surface area contributed by atoms with Crippen LogP contribution in [-0.4, -0.2) is 30.1 Å². The van der Waals surface area contributed by atoms with Gasteiger partial charge in [-0.2, -0.15) is 0 Å². The van der Waals surface area contributed by atoms with Gasteiger partial charge in [-0.15, -0.1) is 0 Å². The van der Waals surface area contributed by atoms with Gasteiger partial charge in [-0.1, -0.05) is 29.8 Å². The molecule has 0 fully saturated rings. The fourth-order valence-corrected chi connectivity index (χ4v) is 2.23. The van der Waals surface area contributed by atoms with E-state index >= 15 is 0 Å². The number of halogens is 1. The highest BCUT2D eigenvalue weighted by Gasteiger charge is 2.17. The molecule has 0 saturated heterocycles. The Morgan fingerprint density at radius 1 is 1.29 bits per heavy atom. The molecule has 0 bridgehead atoms. The first kappa shape index (κ1) is 15.3. The lowest BCUT2D eigenvalue weighted by Crippen LogP contribution is -2.23. The number of ether oxygens (including phenoxy) is 1. The van der Waals surface area contributed by atoms with Gasteiger partial charge in [-0.25, -0.2) is 14.8 Å². The van der Waals surface area contributed by atoms with Crippen LogP contribution in [0.25, 0.3) is 0 Å². The van der Waals surface area contributed by atoms with Crippen LogP contribution in [0.4, 0.5) is 5.82 Å². The van der Waals surface area contributed by atoms with E-state index in [0.717, 1.165) is 5.56 Å². The summed E-state index contributed by atoms with van der Waals surface area (Å²) in [6, 6.07) is 7.69. The van der Waals surface area contributed by atoms with Crippen LogP contribution in [0, 0.1) is 0 Å². The summed E-state index contributed by atoms with van der Waals surface area (Å²) in [5.74, 6) is 0.144. The SMILES string of the molecule is COC(=O)c1cnc(N(C)C(C)c2ccccc2Cl)cn1. The predicted octanol–water partition coefficient (Wildman–Crippen LogP) is 3.11. The fraction of sp³-hybridized carbons (Fsp3) is 0.267. The lowest BCUT2D eigenvalue weighted by atomic mass is 10.1. The Hall–Kier alpha value is -2.14. The standard InChI is InChI=1S/C15H16ClN3O2/c1-10(11-6-4-5-7-12(11)16)19(2)14-9-17-13(8-18-14)15(20)21-3/h4-10H,1-3H3. The van der Waals surface area contributed by atoms with Crippen molar-refractivity contribution in [2.75, 3.05) is 19.1 Å². The minimum Gasteiger partial charge on any atom is -0.464 e. The third kappa shape index (κ3) is 3.31. The number of aromatic nitrogens is 2. The summed E-state index contributed by atoms with van der Waals surface area (Å²) in [6.45, 7) is 2.02. The quantitative estimate of drug-likeness (QED) is 0.812. The van der Waals surface area contributed by atoms with Crippen molar-refractivity contribution in [2.24, 2.45) is 0 Å². The number of hydrogen-bond acceptors (Lipinski definition) is 5. The fourth-order valence-electron chi connectivity index (χ4n) is 1.93. The van der Waals surface area contributed by atoms with Gasteiger partial charge in [0.05, 0.1) is 25.5 Å². The highest BCUT2D eigenvalue weighted by Crippen LogP contribution is 2.28. The zero-order valence-electron chi connectivity index (χ0n) is 12.1. The Morgan fingerprint density at radius 2 is 2.00 bits per heavy atom. The molecule has 1 aromatic carbocycles. The van der Waals surface area contributed by atoms with Crippen LogP contribution in [0.15, 0.2) is 36.7 Å². The Labute approximate surface area is 128 Å². The second-order valence-corrected chi connectivity index (χ2v) is 4.97. The van der Waals surface area contributed by atoms with Gasteiger partial charge in [0.2, 0.25) is 0 Å². The highest BCUT2D eigenvalue weighted by atomic mass is 35.5. The average molecular weight is 306 g/mol. The Balaban J connectivity index is 2.22. The smallest absolute Gasteiger partial charge is 0.358 e. The number of carbonyl (C=O) groups is 1. The Morgan fingerprint density at radius 3 is 2.57 bits per heavy atom. The van der Waals surface area contributed by atoms with Crippen molar-refractivity contribution in [2.45, 2.75) is 13.0 Å². The molecule has 0 aliphatic carbocycles. The van der Waals surface area contributed by atoms with Crippen LogP contribution in [-0.2, 0) is 4.74 Å². The summed E-state index contributed by atoms with van der Waals surface area (Å²) in [7, 11) is 3.21. The van der Waals surface area contributed by atoms with Gasteiger partial charge in [-0.05, 0) is 18.6 Å². The number of carbonyl (C=O) groups excluding carboxylic acids is 1. The average Bonchev–Trinajstić information content (AvgIpc) is 2.53. The third-order valence-electron chi connectivity index (χ3n) is 3.33. The molecular weight excluding hydrogens is 290 g/mol. The molecule has 1 atom stereocenters. The molecule has 0 radical (unpaired) electrons. The molecule has 2 rings (SSSR count). The zero-order chi connectivity index (χ0) is 15.4. The summed E-state index contributed by atoms with van der Waals surface area (Å²) in [5, 5.41) is 0.705. The monoisotopic (exact) mass is 305 g/mol. The third-order valence-corrected chi connectivity index (χ3v) is 3.67. The van der Waals surface area contributed by atoms with Crippen molar-refractivity contribution in [1.82, 2.24) is 9.97 Å². The first-order chi connectivity index (χ1) is 10.0. The van der Waals surface area contributed by atoms with E-state index in [9.17, 15) is 4.79 Å². The van der Waals surface area contributed by atoms with Crippen molar-refractivity contribution in [3.63, 3.8) is 0 Å². The minimum absolute atomic E-state index is 0.0250. The molecule has 2 aromatic rings. The number of methoxy groups -OCH3 is 1. The highest BCUT2D eigenvalue weighted by molar-refractivity contribution is 6.31. The molecule has 0 N–H and O–H groups in total. The van der Waals surface area contributed by atoms with Crippen molar-refractivity contribution in [3.05, 3.63) is 52.9 Å². The molecular formula is C15H16ClN3O2.